The first-order valence-electron chi connectivity index (χ1n) is 5.56. The summed E-state index contributed by atoms with van der Waals surface area (Å²) in [5.74, 6) is 2.37. The van der Waals surface area contributed by atoms with Crippen molar-refractivity contribution in [1.29, 1.82) is 0 Å². The van der Waals surface area contributed by atoms with Gasteiger partial charge in [0.1, 0.15) is 5.82 Å². The molecule has 0 aliphatic carbocycles. The normalized spacial score (nSPS) is 12.5. The number of rotatable bonds is 3. The maximum atomic E-state index is 5.78. The van der Waals surface area contributed by atoms with E-state index in [2.05, 4.69) is 10.3 Å². The van der Waals surface area contributed by atoms with Gasteiger partial charge in [-0.25, -0.2) is 4.98 Å². The number of aromatic nitrogens is 1. The minimum absolute atomic E-state index is 0.283. The van der Waals surface area contributed by atoms with Crippen LogP contribution in [0.4, 0.5) is 5.82 Å². The second kappa shape index (κ2) is 4.74. The van der Waals surface area contributed by atoms with Crippen molar-refractivity contribution >= 4 is 17.4 Å². The molecule has 1 aliphatic heterocycles. The van der Waals surface area contributed by atoms with E-state index in [0.717, 1.165) is 22.9 Å². The molecule has 5 heteroatoms. The van der Waals surface area contributed by atoms with Crippen LogP contribution < -0.4 is 14.8 Å². The molecule has 1 aromatic heterocycles. The number of anilines is 1. The van der Waals surface area contributed by atoms with Gasteiger partial charge in [0, 0.05) is 18.3 Å². The summed E-state index contributed by atoms with van der Waals surface area (Å²) in [5.41, 5.74) is 1.04. The Labute approximate surface area is 110 Å². The summed E-state index contributed by atoms with van der Waals surface area (Å²) in [6.07, 6.45) is 1.61. The molecule has 0 unspecified atom stereocenters. The van der Waals surface area contributed by atoms with Gasteiger partial charge >= 0.3 is 0 Å². The van der Waals surface area contributed by atoms with E-state index in [4.69, 9.17) is 21.1 Å². The maximum absolute atomic E-state index is 5.78. The Morgan fingerprint density at radius 1 is 1.22 bits per heavy atom. The number of pyridine rings is 1. The predicted octanol–water partition coefficient (Wildman–Crippen LogP) is 3.08. The highest BCUT2D eigenvalue weighted by Gasteiger charge is 2.16. The number of benzene rings is 1. The Balaban J connectivity index is 1.74. The van der Waals surface area contributed by atoms with Gasteiger partial charge in [0.05, 0.1) is 5.02 Å². The standard InChI is InChI=1S/C13H11ClN2O2/c14-10-4-5-12(16-7-10)15-6-9-2-1-3-11-13(9)18-8-17-11/h1-5,7H,6,8H2,(H,15,16). The van der Waals surface area contributed by atoms with Crippen molar-refractivity contribution in [3.63, 3.8) is 0 Å². The third kappa shape index (κ3) is 2.19. The number of hydrogen-bond donors (Lipinski definition) is 1. The first-order chi connectivity index (χ1) is 8.83. The highest BCUT2D eigenvalue weighted by Crippen LogP contribution is 2.35. The molecule has 0 atom stereocenters. The van der Waals surface area contributed by atoms with Crippen molar-refractivity contribution in [1.82, 2.24) is 4.98 Å². The molecule has 0 fully saturated rings. The van der Waals surface area contributed by atoms with Gasteiger partial charge in [-0.3, -0.25) is 0 Å². The summed E-state index contributed by atoms with van der Waals surface area (Å²) >= 11 is 5.78. The second-order valence-corrected chi connectivity index (χ2v) is 4.30. The largest absolute Gasteiger partial charge is 0.454 e. The van der Waals surface area contributed by atoms with Crippen LogP contribution in [0.3, 0.4) is 0 Å². The zero-order valence-corrected chi connectivity index (χ0v) is 10.3. The topological polar surface area (TPSA) is 43.4 Å². The van der Waals surface area contributed by atoms with Crippen molar-refractivity contribution in [2.24, 2.45) is 0 Å². The fourth-order valence-electron chi connectivity index (χ4n) is 1.80. The average molecular weight is 263 g/mol. The lowest BCUT2D eigenvalue weighted by molar-refractivity contribution is 0.173. The van der Waals surface area contributed by atoms with Crippen molar-refractivity contribution < 1.29 is 9.47 Å². The quantitative estimate of drug-likeness (QED) is 0.923. The summed E-state index contributed by atoms with van der Waals surface area (Å²) in [6.45, 7) is 0.909. The van der Waals surface area contributed by atoms with E-state index in [1.165, 1.54) is 0 Å². The van der Waals surface area contributed by atoms with Crippen LogP contribution >= 0.6 is 11.6 Å². The Morgan fingerprint density at radius 3 is 3.00 bits per heavy atom. The summed E-state index contributed by atoms with van der Waals surface area (Å²) in [6, 6.07) is 9.47. The van der Waals surface area contributed by atoms with E-state index in [1.54, 1.807) is 12.3 Å². The molecule has 1 aromatic carbocycles. The van der Waals surface area contributed by atoms with Gasteiger partial charge in [-0.2, -0.15) is 0 Å². The van der Waals surface area contributed by atoms with Crippen molar-refractivity contribution in [3.8, 4) is 11.5 Å². The fourth-order valence-corrected chi connectivity index (χ4v) is 1.91. The highest BCUT2D eigenvalue weighted by molar-refractivity contribution is 6.30. The van der Waals surface area contributed by atoms with Crippen LogP contribution in [0.5, 0.6) is 11.5 Å². The fraction of sp³-hybridized carbons (Fsp3) is 0.154. The zero-order valence-electron chi connectivity index (χ0n) is 9.52. The number of ether oxygens (including phenoxy) is 2. The Bertz CT molecular complexity index is 557. The lowest BCUT2D eigenvalue weighted by Crippen LogP contribution is -2.02. The van der Waals surface area contributed by atoms with Crippen LogP contribution in [-0.2, 0) is 6.54 Å². The summed E-state index contributed by atoms with van der Waals surface area (Å²) in [7, 11) is 0. The molecular formula is C13H11ClN2O2. The van der Waals surface area contributed by atoms with Crippen LogP contribution in [0.25, 0.3) is 0 Å². The molecule has 1 N–H and O–H groups in total. The van der Waals surface area contributed by atoms with Gasteiger partial charge in [-0.05, 0) is 18.2 Å². The van der Waals surface area contributed by atoms with Crippen LogP contribution in [0.15, 0.2) is 36.5 Å². The molecule has 2 heterocycles. The monoisotopic (exact) mass is 262 g/mol. The van der Waals surface area contributed by atoms with E-state index in [-0.39, 0.29) is 6.79 Å². The van der Waals surface area contributed by atoms with Gasteiger partial charge in [0.25, 0.3) is 0 Å². The second-order valence-electron chi connectivity index (χ2n) is 3.87. The number of halogens is 1. The van der Waals surface area contributed by atoms with Gasteiger partial charge < -0.3 is 14.8 Å². The third-order valence-corrected chi connectivity index (χ3v) is 2.89. The van der Waals surface area contributed by atoms with E-state index in [9.17, 15) is 0 Å². The van der Waals surface area contributed by atoms with Crippen LogP contribution in [0.2, 0.25) is 5.02 Å². The molecular weight excluding hydrogens is 252 g/mol. The first kappa shape index (κ1) is 11.2. The maximum Gasteiger partial charge on any atom is 0.231 e. The van der Waals surface area contributed by atoms with Crippen molar-refractivity contribution in [3.05, 3.63) is 47.1 Å². The molecule has 4 nitrogen and oxygen atoms in total. The molecule has 18 heavy (non-hydrogen) atoms. The van der Waals surface area contributed by atoms with Crippen LogP contribution in [0, 0.1) is 0 Å². The van der Waals surface area contributed by atoms with Gasteiger partial charge in [0.15, 0.2) is 11.5 Å². The zero-order chi connectivity index (χ0) is 12.4. The molecule has 0 bridgehead atoms. The summed E-state index contributed by atoms with van der Waals surface area (Å²) in [4.78, 5) is 4.17. The van der Waals surface area contributed by atoms with E-state index in [0.29, 0.717) is 11.6 Å². The van der Waals surface area contributed by atoms with Gasteiger partial charge in [-0.1, -0.05) is 23.7 Å². The molecule has 0 amide bonds. The molecule has 0 saturated heterocycles. The van der Waals surface area contributed by atoms with Crippen LogP contribution in [0.1, 0.15) is 5.56 Å². The Morgan fingerprint density at radius 2 is 2.17 bits per heavy atom. The average Bonchev–Trinajstić information content (AvgIpc) is 2.87. The molecule has 0 saturated carbocycles. The minimum atomic E-state index is 0.283. The van der Waals surface area contributed by atoms with E-state index in [1.807, 2.05) is 24.3 Å². The molecule has 2 aromatic rings. The highest BCUT2D eigenvalue weighted by atomic mass is 35.5. The first-order valence-corrected chi connectivity index (χ1v) is 5.93. The third-order valence-electron chi connectivity index (χ3n) is 2.67. The summed E-state index contributed by atoms with van der Waals surface area (Å²) < 4.78 is 10.8. The number of hydrogen-bond acceptors (Lipinski definition) is 4. The van der Waals surface area contributed by atoms with E-state index < -0.39 is 0 Å². The van der Waals surface area contributed by atoms with Gasteiger partial charge in [0.2, 0.25) is 6.79 Å². The lowest BCUT2D eigenvalue weighted by atomic mass is 10.2. The SMILES string of the molecule is Clc1ccc(NCc2cccc3c2OCO3)nc1. The Kier molecular flexibility index (Phi) is 2.94. The Hall–Kier alpha value is -1.94. The van der Waals surface area contributed by atoms with Crippen molar-refractivity contribution in [2.75, 3.05) is 12.1 Å². The molecule has 92 valence electrons. The molecule has 1 aliphatic rings. The molecule has 3 rings (SSSR count). The summed E-state index contributed by atoms with van der Waals surface area (Å²) in [5, 5.41) is 3.84. The molecule has 0 radical (unpaired) electrons. The smallest absolute Gasteiger partial charge is 0.231 e. The number of nitrogens with zero attached hydrogens (tertiary/aromatic N) is 1. The van der Waals surface area contributed by atoms with Gasteiger partial charge in [-0.15, -0.1) is 0 Å². The van der Waals surface area contributed by atoms with Crippen molar-refractivity contribution in [2.45, 2.75) is 6.54 Å². The van der Waals surface area contributed by atoms with Crippen LogP contribution in [-0.4, -0.2) is 11.8 Å². The number of para-hydroxylation sites is 1. The number of fused-ring (bicyclic) bond motifs is 1. The molecule has 0 spiro atoms. The van der Waals surface area contributed by atoms with E-state index >= 15 is 0 Å². The minimum Gasteiger partial charge on any atom is -0.454 e. The lowest BCUT2D eigenvalue weighted by Gasteiger charge is -2.08. The number of nitrogens with one attached hydrogen (secondary N) is 1. The predicted molar refractivity (Wildman–Crippen MR) is 69.1 cm³/mol.